The summed E-state index contributed by atoms with van der Waals surface area (Å²) in [6, 6.07) is 6.47. The van der Waals surface area contributed by atoms with Crippen molar-refractivity contribution >= 4 is 11.8 Å². The van der Waals surface area contributed by atoms with Crippen molar-refractivity contribution in [2.24, 2.45) is 17.4 Å². The van der Waals surface area contributed by atoms with Crippen LogP contribution in [0.3, 0.4) is 0 Å². The summed E-state index contributed by atoms with van der Waals surface area (Å²) in [5.74, 6) is 0.232. The summed E-state index contributed by atoms with van der Waals surface area (Å²) in [7, 11) is 0. The molecule has 21 heavy (non-hydrogen) atoms. The van der Waals surface area contributed by atoms with Gasteiger partial charge in [0, 0.05) is 18.2 Å². The summed E-state index contributed by atoms with van der Waals surface area (Å²) in [4.78, 5) is 22.7. The molecule has 1 rings (SSSR count). The number of hydrogen-bond donors (Lipinski definition) is 3. The molecule has 0 heterocycles. The normalized spacial score (nSPS) is 12.0. The van der Waals surface area contributed by atoms with Crippen LogP contribution in [0.5, 0.6) is 5.75 Å². The van der Waals surface area contributed by atoms with Gasteiger partial charge in [-0.05, 0) is 36.6 Å². The summed E-state index contributed by atoms with van der Waals surface area (Å²) in [6.07, 6.45) is 0.835. The third kappa shape index (κ3) is 6.27. The number of amides is 2. The third-order valence-electron chi connectivity index (χ3n) is 2.87. The van der Waals surface area contributed by atoms with E-state index in [1.54, 1.807) is 24.3 Å². The first-order valence-corrected chi connectivity index (χ1v) is 6.94. The van der Waals surface area contributed by atoms with Gasteiger partial charge in [0.2, 0.25) is 0 Å². The van der Waals surface area contributed by atoms with Gasteiger partial charge in [-0.3, -0.25) is 9.59 Å². The minimum atomic E-state index is -0.545. The molecule has 0 bridgehead atoms. The van der Waals surface area contributed by atoms with E-state index < -0.39 is 5.91 Å². The average Bonchev–Trinajstić information content (AvgIpc) is 2.44. The Morgan fingerprint density at radius 3 is 2.33 bits per heavy atom. The second-order valence-corrected chi connectivity index (χ2v) is 5.32. The quantitative estimate of drug-likeness (QED) is 0.654. The van der Waals surface area contributed by atoms with Crippen LogP contribution in [0, 0.1) is 5.92 Å². The number of carbonyl (C=O) groups is 2. The van der Waals surface area contributed by atoms with Crippen LogP contribution in [0.15, 0.2) is 24.3 Å². The number of primary amides is 1. The molecule has 6 nitrogen and oxygen atoms in total. The van der Waals surface area contributed by atoms with Crippen molar-refractivity contribution in [2.75, 3.05) is 13.2 Å². The van der Waals surface area contributed by atoms with Gasteiger partial charge in [-0.25, -0.2) is 0 Å². The monoisotopic (exact) mass is 293 g/mol. The molecule has 2 amide bonds. The Kier molecular flexibility index (Phi) is 6.68. The molecule has 1 atom stereocenters. The topological polar surface area (TPSA) is 107 Å². The number of hydrogen-bond acceptors (Lipinski definition) is 4. The molecule has 0 radical (unpaired) electrons. The van der Waals surface area contributed by atoms with Gasteiger partial charge >= 0.3 is 0 Å². The van der Waals surface area contributed by atoms with E-state index in [2.05, 4.69) is 19.2 Å². The highest BCUT2D eigenvalue weighted by Gasteiger charge is 2.13. The molecule has 5 N–H and O–H groups in total. The predicted octanol–water partition coefficient (Wildman–Crippen LogP) is 0.654. The van der Waals surface area contributed by atoms with E-state index >= 15 is 0 Å². The molecule has 0 aliphatic heterocycles. The SMILES string of the molecule is CC(C)CC(CN)NC(=O)c1ccc(OCC(N)=O)cc1. The summed E-state index contributed by atoms with van der Waals surface area (Å²) < 4.78 is 5.13. The molecule has 116 valence electrons. The number of benzene rings is 1. The second-order valence-electron chi connectivity index (χ2n) is 5.32. The number of carbonyl (C=O) groups excluding carboxylic acids is 2. The molecule has 0 saturated carbocycles. The zero-order valence-electron chi connectivity index (χ0n) is 12.5. The summed E-state index contributed by atoms with van der Waals surface area (Å²) in [6.45, 7) is 4.39. The van der Waals surface area contributed by atoms with E-state index in [1.165, 1.54) is 0 Å². The van der Waals surface area contributed by atoms with Crippen molar-refractivity contribution < 1.29 is 14.3 Å². The maximum absolute atomic E-state index is 12.1. The fourth-order valence-corrected chi connectivity index (χ4v) is 1.91. The Bertz CT molecular complexity index is 472. The van der Waals surface area contributed by atoms with Crippen molar-refractivity contribution in [3.63, 3.8) is 0 Å². The van der Waals surface area contributed by atoms with Crippen LogP contribution in [0.4, 0.5) is 0 Å². The first-order chi connectivity index (χ1) is 9.92. The summed E-state index contributed by atoms with van der Waals surface area (Å²) in [5, 5.41) is 2.91. The Hall–Kier alpha value is -2.08. The van der Waals surface area contributed by atoms with Crippen molar-refractivity contribution in [3.05, 3.63) is 29.8 Å². The molecule has 0 aliphatic rings. The first-order valence-electron chi connectivity index (χ1n) is 6.94. The number of ether oxygens (including phenoxy) is 1. The minimum absolute atomic E-state index is 0.0386. The Morgan fingerprint density at radius 1 is 1.24 bits per heavy atom. The van der Waals surface area contributed by atoms with Gasteiger partial charge in [0.15, 0.2) is 6.61 Å². The van der Waals surface area contributed by atoms with E-state index in [0.717, 1.165) is 6.42 Å². The average molecular weight is 293 g/mol. The van der Waals surface area contributed by atoms with Crippen LogP contribution >= 0.6 is 0 Å². The number of nitrogens with two attached hydrogens (primary N) is 2. The van der Waals surface area contributed by atoms with Crippen LogP contribution in [0.1, 0.15) is 30.6 Å². The van der Waals surface area contributed by atoms with Crippen molar-refractivity contribution in [1.29, 1.82) is 0 Å². The van der Waals surface area contributed by atoms with Crippen LogP contribution in [-0.2, 0) is 4.79 Å². The standard InChI is InChI=1S/C15H23N3O3/c1-10(2)7-12(8-16)18-15(20)11-3-5-13(6-4-11)21-9-14(17)19/h3-6,10,12H,7-9,16H2,1-2H3,(H2,17,19)(H,18,20). The predicted molar refractivity (Wildman–Crippen MR) is 80.9 cm³/mol. The van der Waals surface area contributed by atoms with E-state index in [9.17, 15) is 9.59 Å². The van der Waals surface area contributed by atoms with Crippen molar-refractivity contribution in [3.8, 4) is 5.75 Å². The third-order valence-corrected chi connectivity index (χ3v) is 2.87. The molecule has 1 aromatic carbocycles. The van der Waals surface area contributed by atoms with Gasteiger partial charge in [0.05, 0.1) is 0 Å². The zero-order chi connectivity index (χ0) is 15.8. The van der Waals surface area contributed by atoms with E-state index in [4.69, 9.17) is 16.2 Å². The fourth-order valence-electron chi connectivity index (χ4n) is 1.91. The lowest BCUT2D eigenvalue weighted by Gasteiger charge is -2.18. The van der Waals surface area contributed by atoms with Gasteiger partial charge in [-0.15, -0.1) is 0 Å². The summed E-state index contributed by atoms with van der Waals surface area (Å²) >= 11 is 0. The number of nitrogens with one attached hydrogen (secondary N) is 1. The summed E-state index contributed by atoms with van der Waals surface area (Å²) in [5.41, 5.74) is 11.2. The van der Waals surface area contributed by atoms with Gasteiger partial charge in [-0.1, -0.05) is 13.8 Å². The Balaban J connectivity index is 2.59. The highest BCUT2D eigenvalue weighted by molar-refractivity contribution is 5.94. The van der Waals surface area contributed by atoms with Crippen LogP contribution in [0.25, 0.3) is 0 Å². The molecule has 0 saturated heterocycles. The van der Waals surface area contributed by atoms with E-state index in [0.29, 0.717) is 23.8 Å². The van der Waals surface area contributed by atoms with Crippen molar-refractivity contribution in [1.82, 2.24) is 5.32 Å². The zero-order valence-corrected chi connectivity index (χ0v) is 12.5. The number of rotatable bonds is 8. The highest BCUT2D eigenvalue weighted by Crippen LogP contribution is 2.12. The lowest BCUT2D eigenvalue weighted by molar-refractivity contribution is -0.119. The largest absolute Gasteiger partial charge is 0.484 e. The maximum Gasteiger partial charge on any atom is 0.255 e. The highest BCUT2D eigenvalue weighted by atomic mass is 16.5. The van der Waals surface area contributed by atoms with Crippen LogP contribution < -0.4 is 21.5 Å². The van der Waals surface area contributed by atoms with Gasteiger partial charge in [0.25, 0.3) is 11.8 Å². The molecule has 0 aromatic heterocycles. The second kappa shape index (κ2) is 8.26. The Morgan fingerprint density at radius 2 is 1.86 bits per heavy atom. The van der Waals surface area contributed by atoms with E-state index in [-0.39, 0.29) is 18.6 Å². The molecule has 0 spiro atoms. The molecule has 6 heteroatoms. The van der Waals surface area contributed by atoms with E-state index in [1.807, 2.05) is 0 Å². The van der Waals surface area contributed by atoms with Crippen LogP contribution in [0.2, 0.25) is 0 Å². The molecular weight excluding hydrogens is 270 g/mol. The Labute approximate surface area is 124 Å². The molecule has 1 unspecified atom stereocenters. The minimum Gasteiger partial charge on any atom is -0.484 e. The lowest BCUT2D eigenvalue weighted by Crippen LogP contribution is -2.41. The molecule has 1 aromatic rings. The molecule has 0 fully saturated rings. The smallest absolute Gasteiger partial charge is 0.255 e. The maximum atomic E-state index is 12.1. The molecule has 0 aliphatic carbocycles. The van der Waals surface area contributed by atoms with Gasteiger partial charge < -0.3 is 21.5 Å². The molecular formula is C15H23N3O3. The first kappa shape index (κ1) is 17.0. The van der Waals surface area contributed by atoms with Crippen molar-refractivity contribution in [2.45, 2.75) is 26.3 Å². The fraction of sp³-hybridized carbons (Fsp3) is 0.467. The van der Waals surface area contributed by atoms with Crippen LogP contribution in [-0.4, -0.2) is 31.0 Å². The van der Waals surface area contributed by atoms with Gasteiger partial charge in [-0.2, -0.15) is 0 Å². The lowest BCUT2D eigenvalue weighted by atomic mass is 10.0. The van der Waals surface area contributed by atoms with Gasteiger partial charge in [0.1, 0.15) is 5.75 Å².